The number of piperidine rings is 1. The van der Waals surface area contributed by atoms with Crippen LogP contribution < -0.4 is 10.2 Å². The average molecular weight is 276 g/mol. The van der Waals surface area contributed by atoms with Crippen molar-refractivity contribution in [3.8, 4) is 5.75 Å². The van der Waals surface area contributed by atoms with Crippen LogP contribution in [0.15, 0.2) is 24.3 Å². The van der Waals surface area contributed by atoms with E-state index >= 15 is 0 Å². The summed E-state index contributed by atoms with van der Waals surface area (Å²) < 4.78 is 0. The molecule has 1 aliphatic heterocycles. The third-order valence-corrected chi connectivity index (χ3v) is 3.98. The van der Waals surface area contributed by atoms with Crippen molar-refractivity contribution in [3.05, 3.63) is 24.3 Å². The van der Waals surface area contributed by atoms with Crippen LogP contribution in [0.5, 0.6) is 5.75 Å². The number of phenolic OH excluding ortho intramolecular Hbond substituents is 1. The lowest BCUT2D eigenvalue weighted by atomic mass is 9.93. The minimum Gasteiger partial charge on any atom is -0.508 e. The van der Waals surface area contributed by atoms with Crippen LogP contribution in [-0.4, -0.2) is 30.6 Å². The predicted molar refractivity (Wildman–Crippen MR) is 81.0 cm³/mol. The Hall–Kier alpha value is -1.55. The summed E-state index contributed by atoms with van der Waals surface area (Å²) in [4.78, 5) is 14.1. The first-order valence-electron chi connectivity index (χ1n) is 7.51. The highest BCUT2D eigenvalue weighted by atomic mass is 16.3. The van der Waals surface area contributed by atoms with Crippen molar-refractivity contribution < 1.29 is 9.90 Å². The van der Waals surface area contributed by atoms with E-state index in [1.807, 2.05) is 13.0 Å². The van der Waals surface area contributed by atoms with Crippen LogP contribution in [0, 0.1) is 5.92 Å². The van der Waals surface area contributed by atoms with Crippen LogP contribution in [0.4, 0.5) is 5.69 Å². The molecule has 0 radical (unpaired) electrons. The van der Waals surface area contributed by atoms with Gasteiger partial charge in [0.2, 0.25) is 5.91 Å². The highest BCUT2D eigenvalue weighted by Crippen LogP contribution is 2.23. The zero-order valence-corrected chi connectivity index (χ0v) is 12.1. The number of amides is 1. The topological polar surface area (TPSA) is 52.6 Å². The van der Waals surface area contributed by atoms with Gasteiger partial charge in [-0.2, -0.15) is 0 Å². The monoisotopic (exact) mass is 276 g/mol. The summed E-state index contributed by atoms with van der Waals surface area (Å²) in [5.41, 5.74) is 0.780. The van der Waals surface area contributed by atoms with Gasteiger partial charge in [-0.1, -0.05) is 6.07 Å². The summed E-state index contributed by atoms with van der Waals surface area (Å²) in [6, 6.07) is 6.90. The van der Waals surface area contributed by atoms with E-state index in [-0.39, 0.29) is 11.7 Å². The van der Waals surface area contributed by atoms with Crippen molar-refractivity contribution in [1.82, 2.24) is 5.32 Å². The molecule has 110 valence electrons. The molecule has 1 fully saturated rings. The van der Waals surface area contributed by atoms with Crippen LogP contribution in [-0.2, 0) is 4.79 Å². The number of hydrogen-bond acceptors (Lipinski definition) is 3. The molecule has 0 saturated carbocycles. The maximum atomic E-state index is 12.4. The van der Waals surface area contributed by atoms with Gasteiger partial charge in [0.15, 0.2) is 0 Å². The summed E-state index contributed by atoms with van der Waals surface area (Å²) in [5.74, 6) is 1.02. The van der Waals surface area contributed by atoms with Gasteiger partial charge in [-0.15, -0.1) is 0 Å². The van der Waals surface area contributed by atoms with Gasteiger partial charge in [-0.25, -0.2) is 0 Å². The van der Waals surface area contributed by atoms with Gasteiger partial charge in [0.1, 0.15) is 5.75 Å². The summed E-state index contributed by atoms with van der Waals surface area (Å²) in [7, 11) is 0. The lowest BCUT2D eigenvalue weighted by Crippen LogP contribution is -2.32. The Balaban J connectivity index is 1.91. The Morgan fingerprint density at radius 1 is 1.40 bits per heavy atom. The highest BCUT2D eigenvalue weighted by molar-refractivity contribution is 5.93. The molecule has 4 nitrogen and oxygen atoms in total. The number of aromatic hydroxyl groups is 1. The van der Waals surface area contributed by atoms with Crippen molar-refractivity contribution in [1.29, 1.82) is 0 Å². The van der Waals surface area contributed by atoms with E-state index in [9.17, 15) is 9.90 Å². The molecule has 1 heterocycles. The van der Waals surface area contributed by atoms with Gasteiger partial charge in [0, 0.05) is 24.7 Å². The van der Waals surface area contributed by atoms with Gasteiger partial charge in [0.25, 0.3) is 0 Å². The van der Waals surface area contributed by atoms with E-state index in [4.69, 9.17) is 0 Å². The van der Waals surface area contributed by atoms with Crippen molar-refractivity contribution in [2.45, 2.75) is 32.6 Å². The molecular formula is C16H24N2O2. The Morgan fingerprint density at radius 2 is 2.15 bits per heavy atom. The largest absolute Gasteiger partial charge is 0.508 e. The molecule has 20 heavy (non-hydrogen) atoms. The van der Waals surface area contributed by atoms with Crippen molar-refractivity contribution in [3.63, 3.8) is 0 Å². The van der Waals surface area contributed by atoms with E-state index in [0.717, 1.165) is 25.2 Å². The SMILES string of the molecule is CCN(C(=O)CCC1CCNCC1)c1cccc(O)c1. The summed E-state index contributed by atoms with van der Waals surface area (Å²) in [5, 5.41) is 12.9. The van der Waals surface area contributed by atoms with Gasteiger partial charge in [0.05, 0.1) is 0 Å². The van der Waals surface area contributed by atoms with E-state index in [1.54, 1.807) is 23.1 Å². The number of carbonyl (C=O) groups is 1. The number of rotatable bonds is 5. The number of benzene rings is 1. The molecule has 0 spiro atoms. The van der Waals surface area contributed by atoms with Gasteiger partial charge >= 0.3 is 0 Å². The standard InChI is InChI=1S/C16H24N2O2/c1-2-18(14-4-3-5-15(19)12-14)16(20)7-6-13-8-10-17-11-9-13/h3-5,12-13,17,19H,2,6-11H2,1H3. The van der Waals surface area contributed by atoms with Crippen molar-refractivity contribution in [2.24, 2.45) is 5.92 Å². The van der Waals surface area contributed by atoms with Crippen LogP contribution in [0.2, 0.25) is 0 Å². The second kappa shape index (κ2) is 7.29. The normalized spacial score (nSPS) is 16.1. The fraction of sp³-hybridized carbons (Fsp3) is 0.562. The highest BCUT2D eigenvalue weighted by Gasteiger charge is 2.18. The molecule has 0 aliphatic carbocycles. The Morgan fingerprint density at radius 3 is 2.80 bits per heavy atom. The van der Waals surface area contributed by atoms with E-state index < -0.39 is 0 Å². The van der Waals surface area contributed by atoms with Gasteiger partial charge < -0.3 is 15.3 Å². The molecule has 1 amide bonds. The van der Waals surface area contributed by atoms with Crippen LogP contribution in [0.3, 0.4) is 0 Å². The lowest BCUT2D eigenvalue weighted by molar-refractivity contribution is -0.118. The number of phenols is 1. The van der Waals surface area contributed by atoms with Crippen LogP contribution in [0.25, 0.3) is 0 Å². The zero-order chi connectivity index (χ0) is 14.4. The first-order chi connectivity index (χ1) is 9.70. The molecule has 2 N–H and O–H groups in total. The molecule has 4 heteroatoms. The first kappa shape index (κ1) is 14.9. The lowest BCUT2D eigenvalue weighted by Gasteiger charge is -2.25. The molecule has 0 atom stereocenters. The summed E-state index contributed by atoms with van der Waals surface area (Å²) in [6.07, 6.45) is 3.90. The Kier molecular flexibility index (Phi) is 5.41. The second-order valence-electron chi connectivity index (χ2n) is 5.39. The molecular weight excluding hydrogens is 252 g/mol. The number of carbonyl (C=O) groups excluding carboxylic acids is 1. The molecule has 2 rings (SSSR count). The second-order valence-corrected chi connectivity index (χ2v) is 5.39. The van der Waals surface area contributed by atoms with Crippen molar-refractivity contribution >= 4 is 11.6 Å². The molecule has 1 aromatic rings. The number of nitrogens with one attached hydrogen (secondary N) is 1. The molecule has 1 saturated heterocycles. The summed E-state index contributed by atoms with van der Waals surface area (Å²) in [6.45, 7) is 4.74. The quantitative estimate of drug-likeness (QED) is 0.869. The zero-order valence-electron chi connectivity index (χ0n) is 12.1. The predicted octanol–water partition coefficient (Wildman–Crippen LogP) is 2.52. The van der Waals surface area contributed by atoms with Gasteiger partial charge in [-0.3, -0.25) is 4.79 Å². The molecule has 0 unspecified atom stereocenters. The Labute approximate surface area is 120 Å². The van der Waals surface area contributed by atoms with Crippen molar-refractivity contribution in [2.75, 3.05) is 24.5 Å². The van der Waals surface area contributed by atoms with E-state index in [2.05, 4.69) is 5.32 Å². The van der Waals surface area contributed by atoms with E-state index in [0.29, 0.717) is 18.9 Å². The van der Waals surface area contributed by atoms with Crippen LogP contribution >= 0.6 is 0 Å². The number of hydrogen-bond donors (Lipinski definition) is 2. The smallest absolute Gasteiger partial charge is 0.226 e. The maximum absolute atomic E-state index is 12.4. The Bertz CT molecular complexity index is 442. The molecule has 0 aromatic heterocycles. The fourth-order valence-corrected chi connectivity index (χ4v) is 2.80. The van der Waals surface area contributed by atoms with E-state index in [1.165, 1.54) is 12.8 Å². The third kappa shape index (κ3) is 3.97. The maximum Gasteiger partial charge on any atom is 0.226 e. The fourth-order valence-electron chi connectivity index (χ4n) is 2.80. The minimum atomic E-state index is 0.150. The number of anilines is 1. The molecule has 1 aliphatic rings. The molecule has 0 bridgehead atoms. The van der Waals surface area contributed by atoms with Crippen LogP contribution in [0.1, 0.15) is 32.6 Å². The number of nitrogens with zero attached hydrogens (tertiary/aromatic N) is 1. The molecule has 1 aromatic carbocycles. The van der Waals surface area contributed by atoms with Gasteiger partial charge in [-0.05, 0) is 57.3 Å². The minimum absolute atomic E-state index is 0.150. The first-order valence-corrected chi connectivity index (χ1v) is 7.51. The third-order valence-electron chi connectivity index (χ3n) is 3.98. The average Bonchev–Trinajstić information content (AvgIpc) is 2.47. The summed E-state index contributed by atoms with van der Waals surface area (Å²) >= 11 is 0.